The molecule has 0 saturated carbocycles. The molecule has 1 aromatic heterocycles. The highest BCUT2D eigenvalue weighted by Crippen LogP contribution is 2.21. The standard InChI is InChI=1S/C18H24BrN3O2S/c1-11(2)8-20-16(23)10-25-18-21-15-6-5-13(19)7-14(15)17(24)22(18)9-12(3)4/h5-7,11-12H,8-10H2,1-4H3,(H,20,23). The van der Waals surface area contributed by atoms with E-state index in [2.05, 4.69) is 53.9 Å². The van der Waals surface area contributed by atoms with Gasteiger partial charge in [0.1, 0.15) is 0 Å². The van der Waals surface area contributed by atoms with Crippen LogP contribution in [0.5, 0.6) is 0 Å². The highest BCUT2D eigenvalue weighted by Gasteiger charge is 2.14. The van der Waals surface area contributed by atoms with Crippen molar-refractivity contribution in [1.82, 2.24) is 14.9 Å². The van der Waals surface area contributed by atoms with Crippen LogP contribution in [0.4, 0.5) is 0 Å². The number of nitrogens with zero attached hydrogens (tertiary/aromatic N) is 2. The molecule has 0 spiro atoms. The first-order chi connectivity index (χ1) is 11.8. The second kappa shape index (κ2) is 8.85. The summed E-state index contributed by atoms with van der Waals surface area (Å²) in [5.74, 6) is 0.919. The Morgan fingerprint density at radius 2 is 2.00 bits per heavy atom. The lowest BCUT2D eigenvalue weighted by molar-refractivity contribution is -0.118. The summed E-state index contributed by atoms with van der Waals surface area (Å²) in [6.45, 7) is 9.44. The zero-order chi connectivity index (χ0) is 18.6. The molecule has 0 saturated heterocycles. The maximum atomic E-state index is 12.9. The van der Waals surface area contributed by atoms with E-state index in [1.807, 2.05) is 12.1 Å². The van der Waals surface area contributed by atoms with Gasteiger partial charge in [0.2, 0.25) is 5.91 Å². The average Bonchev–Trinajstić information content (AvgIpc) is 2.54. The Morgan fingerprint density at radius 3 is 2.64 bits per heavy atom. The van der Waals surface area contributed by atoms with Gasteiger partial charge in [-0.2, -0.15) is 0 Å². The lowest BCUT2D eigenvalue weighted by Crippen LogP contribution is -2.30. The first-order valence-electron chi connectivity index (χ1n) is 8.37. The van der Waals surface area contributed by atoms with E-state index in [1.54, 1.807) is 10.6 Å². The lowest BCUT2D eigenvalue weighted by atomic mass is 10.2. The Balaban J connectivity index is 2.32. The van der Waals surface area contributed by atoms with Crippen LogP contribution in [0.1, 0.15) is 27.7 Å². The largest absolute Gasteiger partial charge is 0.355 e. The minimum absolute atomic E-state index is 0.0417. The number of carbonyl (C=O) groups excluding carboxylic acids is 1. The number of carbonyl (C=O) groups is 1. The quantitative estimate of drug-likeness (QED) is 0.542. The van der Waals surface area contributed by atoms with E-state index >= 15 is 0 Å². The van der Waals surface area contributed by atoms with Crippen molar-refractivity contribution in [2.24, 2.45) is 11.8 Å². The normalized spacial score (nSPS) is 11.5. The van der Waals surface area contributed by atoms with Gasteiger partial charge in [0, 0.05) is 17.6 Å². The van der Waals surface area contributed by atoms with E-state index in [0.29, 0.717) is 41.0 Å². The molecule has 0 aliphatic rings. The molecule has 136 valence electrons. The Hall–Kier alpha value is -1.34. The van der Waals surface area contributed by atoms with Crippen LogP contribution < -0.4 is 10.9 Å². The maximum Gasteiger partial charge on any atom is 0.262 e. The van der Waals surface area contributed by atoms with E-state index in [1.165, 1.54) is 11.8 Å². The third-order valence-corrected chi connectivity index (χ3v) is 4.94. The molecule has 0 aliphatic carbocycles. The smallest absolute Gasteiger partial charge is 0.262 e. The molecular formula is C18H24BrN3O2S. The highest BCUT2D eigenvalue weighted by molar-refractivity contribution is 9.10. The van der Waals surface area contributed by atoms with Crippen molar-refractivity contribution in [1.29, 1.82) is 0 Å². The number of rotatable bonds is 7. The topological polar surface area (TPSA) is 64.0 Å². The molecule has 0 aliphatic heterocycles. The molecule has 1 amide bonds. The van der Waals surface area contributed by atoms with E-state index in [0.717, 1.165) is 4.47 Å². The van der Waals surface area contributed by atoms with Crippen molar-refractivity contribution < 1.29 is 4.79 Å². The van der Waals surface area contributed by atoms with E-state index in [9.17, 15) is 9.59 Å². The molecule has 0 fully saturated rings. The van der Waals surface area contributed by atoms with Gasteiger partial charge < -0.3 is 5.32 Å². The van der Waals surface area contributed by atoms with Crippen molar-refractivity contribution in [2.75, 3.05) is 12.3 Å². The molecule has 1 heterocycles. The van der Waals surface area contributed by atoms with Gasteiger partial charge in [-0.3, -0.25) is 14.2 Å². The van der Waals surface area contributed by atoms with Gasteiger partial charge >= 0.3 is 0 Å². The van der Waals surface area contributed by atoms with Gasteiger partial charge in [0.05, 0.1) is 16.7 Å². The second-order valence-electron chi connectivity index (χ2n) is 6.85. The Labute approximate surface area is 160 Å². The molecule has 1 aromatic carbocycles. The fourth-order valence-corrected chi connectivity index (χ4v) is 3.51. The second-order valence-corrected chi connectivity index (χ2v) is 8.71. The van der Waals surface area contributed by atoms with Crippen LogP contribution in [-0.2, 0) is 11.3 Å². The summed E-state index contributed by atoms with van der Waals surface area (Å²) < 4.78 is 2.53. The summed E-state index contributed by atoms with van der Waals surface area (Å²) in [5.41, 5.74) is 0.586. The monoisotopic (exact) mass is 425 g/mol. The van der Waals surface area contributed by atoms with Crippen LogP contribution in [0.3, 0.4) is 0 Å². The van der Waals surface area contributed by atoms with E-state index in [-0.39, 0.29) is 17.2 Å². The number of hydrogen-bond donors (Lipinski definition) is 1. The Kier molecular flexibility index (Phi) is 7.07. The Morgan fingerprint density at radius 1 is 1.28 bits per heavy atom. The average molecular weight is 426 g/mol. The zero-order valence-corrected chi connectivity index (χ0v) is 17.4. The van der Waals surface area contributed by atoms with Gasteiger partial charge in [0.25, 0.3) is 5.56 Å². The van der Waals surface area contributed by atoms with Gasteiger partial charge in [-0.1, -0.05) is 55.4 Å². The van der Waals surface area contributed by atoms with Crippen LogP contribution in [0.15, 0.2) is 32.6 Å². The third kappa shape index (κ3) is 5.57. The predicted octanol–water partition coefficient (Wildman–Crippen LogP) is 3.68. The van der Waals surface area contributed by atoms with Crippen LogP contribution in [-0.4, -0.2) is 27.8 Å². The molecular weight excluding hydrogens is 402 g/mol. The number of aromatic nitrogens is 2. The first kappa shape index (κ1) is 20.0. The molecule has 0 atom stereocenters. The maximum absolute atomic E-state index is 12.9. The van der Waals surface area contributed by atoms with Gasteiger partial charge in [0.15, 0.2) is 5.16 Å². The minimum Gasteiger partial charge on any atom is -0.355 e. The van der Waals surface area contributed by atoms with Crippen LogP contribution in [0, 0.1) is 11.8 Å². The van der Waals surface area contributed by atoms with Crippen molar-refractivity contribution in [3.8, 4) is 0 Å². The zero-order valence-electron chi connectivity index (χ0n) is 15.0. The molecule has 5 nitrogen and oxygen atoms in total. The summed E-state index contributed by atoms with van der Waals surface area (Å²) in [6.07, 6.45) is 0. The summed E-state index contributed by atoms with van der Waals surface area (Å²) in [6, 6.07) is 5.49. The number of fused-ring (bicyclic) bond motifs is 1. The summed E-state index contributed by atoms with van der Waals surface area (Å²) in [7, 11) is 0. The third-order valence-electron chi connectivity index (χ3n) is 3.47. The lowest BCUT2D eigenvalue weighted by Gasteiger charge is -2.15. The fourth-order valence-electron chi connectivity index (χ4n) is 2.31. The minimum atomic E-state index is -0.0647. The van der Waals surface area contributed by atoms with Crippen LogP contribution >= 0.6 is 27.7 Å². The van der Waals surface area contributed by atoms with Crippen LogP contribution in [0.25, 0.3) is 10.9 Å². The highest BCUT2D eigenvalue weighted by atomic mass is 79.9. The van der Waals surface area contributed by atoms with E-state index in [4.69, 9.17) is 0 Å². The Bertz CT molecular complexity index is 818. The molecule has 0 radical (unpaired) electrons. The SMILES string of the molecule is CC(C)CNC(=O)CSc1nc2ccc(Br)cc2c(=O)n1CC(C)C. The summed E-state index contributed by atoms with van der Waals surface area (Å²) >= 11 is 4.72. The van der Waals surface area contributed by atoms with Crippen LogP contribution in [0.2, 0.25) is 0 Å². The molecule has 2 rings (SSSR count). The first-order valence-corrected chi connectivity index (χ1v) is 10.2. The number of benzene rings is 1. The van der Waals surface area contributed by atoms with Gasteiger partial charge in [-0.05, 0) is 30.0 Å². The predicted molar refractivity (Wildman–Crippen MR) is 107 cm³/mol. The van der Waals surface area contributed by atoms with E-state index < -0.39 is 0 Å². The number of hydrogen-bond acceptors (Lipinski definition) is 4. The number of halogens is 1. The molecule has 25 heavy (non-hydrogen) atoms. The molecule has 2 aromatic rings. The molecule has 0 bridgehead atoms. The summed E-state index contributed by atoms with van der Waals surface area (Å²) in [5, 5.41) is 4.07. The number of nitrogens with one attached hydrogen (secondary N) is 1. The fraction of sp³-hybridized carbons (Fsp3) is 0.500. The van der Waals surface area contributed by atoms with Crippen molar-refractivity contribution in [3.05, 3.63) is 33.0 Å². The van der Waals surface area contributed by atoms with Gasteiger partial charge in [-0.25, -0.2) is 4.98 Å². The number of amides is 1. The number of thioether (sulfide) groups is 1. The summed E-state index contributed by atoms with van der Waals surface area (Å²) in [4.78, 5) is 29.5. The molecule has 7 heteroatoms. The molecule has 0 unspecified atom stereocenters. The van der Waals surface area contributed by atoms with Crippen molar-refractivity contribution in [2.45, 2.75) is 39.4 Å². The molecule has 1 N–H and O–H groups in total. The van der Waals surface area contributed by atoms with Crippen molar-refractivity contribution >= 4 is 44.5 Å². The van der Waals surface area contributed by atoms with Crippen molar-refractivity contribution in [3.63, 3.8) is 0 Å². The van der Waals surface area contributed by atoms with Gasteiger partial charge in [-0.15, -0.1) is 0 Å².